The van der Waals surface area contributed by atoms with Crippen LogP contribution in [0.5, 0.6) is 0 Å². The molecule has 0 saturated heterocycles. The van der Waals surface area contributed by atoms with Crippen LogP contribution in [0.25, 0.3) is 10.6 Å². The fourth-order valence-electron chi connectivity index (χ4n) is 1.88. The summed E-state index contributed by atoms with van der Waals surface area (Å²) in [4.78, 5) is 15.9. The number of hydrogen-bond donors (Lipinski definition) is 1. The summed E-state index contributed by atoms with van der Waals surface area (Å²) in [6.07, 6.45) is 3.39. The maximum absolute atomic E-state index is 13.1. The van der Waals surface area contributed by atoms with Crippen molar-refractivity contribution in [3.8, 4) is 10.6 Å². The molecule has 3 aromatic rings. The number of carbonyl (C=O) groups is 1. The Morgan fingerprint density at radius 2 is 2.00 bits per heavy atom. The van der Waals surface area contributed by atoms with Crippen molar-refractivity contribution in [3.63, 3.8) is 0 Å². The number of rotatable bonds is 4. The normalized spacial score (nSPS) is 10.5. The Kier molecular flexibility index (Phi) is 4.59. The Morgan fingerprint density at radius 3 is 2.74 bits per heavy atom. The molecule has 0 spiro atoms. The molecule has 2 heterocycles. The van der Waals surface area contributed by atoms with Crippen LogP contribution in [0.1, 0.15) is 5.56 Å². The molecule has 0 fully saturated rings. The number of benzene rings is 1. The van der Waals surface area contributed by atoms with Crippen molar-refractivity contribution in [2.75, 3.05) is 5.32 Å². The predicted molar refractivity (Wildman–Crippen MR) is 86.9 cm³/mol. The van der Waals surface area contributed by atoms with Crippen molar-refractivity contribution in [1.82, 2.24) is 15.2 Å². The highest BCUT2D eigenvalue weighted by Gasteiger charge is 2.11. The van der Waals surface area contributed by atoms with E-state index in [1.165, 1.54) is 29.5 Å². The molecule has 1 aromatic carbocycles. The van der Waals surface area contributed by atoms with Crippen LogP contribution in [0.3, 0.4) is 0 Å². The van der Waals surface area contributed by atoms with Gasteiger partial charge in [-0.25, -0.2) is 4.39 Å². The van der Waals surface area contributed by atoms with Crippen LogP contribution < -0.4 is 5.32 Å². The first kappa shape index (κ1) is 15.5. The molecule has 0 aliphatic rings. The van der Waals surface area contributed by atoms with Gasteiger partial charge < -0.3 is 5.32 Å². The second kappa shape index (κ2) is 6.80. The van der Waals surface area contributed by atoms with Crippen LogP contribution >= 0.6 is 22.9 Å². The SMILES string of the molecule is O=C(Cc1ccc(F)c(Cl)c1)Nc1nnc(-c2ccncc2)s1. The van der Waals surface area contributed by atoms with Gasteiger partial charge in [-0.2, -0.15) is 0 Å². The van der Waals surface area contributed by atoms with Crippen molar-refractivity contribution >= 4 is 34.0 Å². The first-order valence-electron chi connectivity index (χ1n) is 6.59. The smallest absolute Gasteiger partial charge is 0.230 e. The second-order valence-electron chi connectivity index (χ2n) is 4.62. The van der Waals surface area contributed by atoms with Gasteiger partial charge in [0.15, 0.2) is 0 Å². The van der Waals surface area contributed by atoms with Crippen molar-refractivity contribution < 1.29 is 9.18 Å². The van der Waals surface area contributed by atoms with Gasteiger partial charge in [0.25, 0.3) is 0 Å². The summed E-state index contributed by atoms with van der Waals surface area (Å²) in [7, 11) is 0. The molecule has 0 aliphatic heterocycles. The van der Waals surface area contributed by atoms with Gasteiger partial charge in [0.1, 0.15) is 10.8 Å². The van der Waals surface area contributed by atoms with Gasteiger partial charge in [-0.15, -0.1) is 10.2 Å². The Labute approximate surface area is 140 Å². The van der Waals surface area contributed by atoms with Gasteiger partial charge in [0, 0.05) is 18.0 Å². The molecule has 0 radical (unpaired) electrons. The lowest BCUT2D eigenvalue weighted by molar-refractivity contribution is -0.115. The highest BCUT2D eigenvalue weighted by atomic mass is 35.5. The van der Waals surface area contributed by atoms with E-state index < -0.39 is 5.82 Å². The lowest BCUT2D eigenvalue weighted by atomic mass is 10.1. The molecule has 0 aliphatic carbocycles. The summed E-state index contributed by atoms with van der Waals surface area (Å²) in [5.74, 6) is -0.785. The molecule has 0 atom stereocenters. The van der Waals surface area contributed by atoms with E-state index in [2.05, 4.69) is 20.5 Å². The molecule has 0 unspecified atom stereocenters. The highest BCUT2D eigenvalue weighted by Crippen LogP contribution is 2.25. The zero-order valence-corrected chi connectivity index (χ0v) is 13.2. The third-order valence-electron chi connectivity index (χ3n) is 2.95. The summed E-state index contributed by atoms with van der Waals surface area (Å²) in [6, 6.07) is 7.80. The zero-order valence-electron chi connectivity index (χ0n) is 11.7. The Morgan fingerprint density at radius 1 is 1.22 bits per heavy atom. The number of nitrogens with zero attached hydrogens (tertiary/aromatic N) is 3. The van der Waals surface area contributed by atoms with Crippen molar-refractivity contribution in [2.24, 2.45) is 0 Å². The standard InChI is InChI=1S/C15H10ClFN4OS/c16-11-7-9(1-2-12(11)17)8-13(22)19-15-21-20-14(23-15)10-3-5-18-6-4-10/h1-7H,8H2,(H,19,21,22). The number of anilines is 1. The summed E-state index contributed by atoms with van der Waals surface area (Å²) in [5, 5.41) is 11.7. The van der Waals surface area contributed by atoms with E-state index >= 15 is 0 Å². The van der Waals surface area contributed by atoms with E-state index in [0.29, 0.717) is 15.7 Å². The van der Waals surface area contributed by atoms with Gasteiger partial charge in [-0.1, -0.05) is 29.0 Å². The summed E-state index contributed by atoms with van der Waals surface area (Å²) in [5.41, 5.74) is 1.50. The number of pyridine rings is 1. The van der Waals surface area contributed by atoms with Crippen LogP contribution in [0.4, 0.5) is 9.52 Å². The Balaban J connectivity index is 1.66. The molecule has 116 valence electrons. The average Bonchev–Trinajstić information content (AvgIpc) is 3.00. The van der Waals surface area contributed by atoms with E-state index in [9.17, 15) is 9.18 Å². The molecular weight excluding hydrogens is 339 g/mol. The monoisotopic (exact) mass is 348 g/mol. The molecule has 1 amide bonds. The molecule has 8 heteroatoms. The first-order chi connectivity index (χ1) is 11.1. The third kappa shape index (κ3) is 3.88. The van der Waals surface area contributed by atoms with E-state index in [-0.39, 0.29) is 17.4 Å². The quantitative estimate of drug-likeness (QED) is 0.782. The Hall–Kier alpha value is -2.38. The van der Waals surface area contributed by atoms with Crippen LogP contribution in [-0.4, -0.2) is 21.1 Å². The molecule has 1 N–H and O–H groups in total. The van der Waals surface area contributed by atoms with E-state index in [1.807, 2.05) is 12.1 Å². The third-order valence-corrected chi connectivity index (χ3v) is 4.12. The molecule has 3 rings (SSSR count). The molecule has 23 heavy (non-hydrogen) atoms. The van der Waals surface area contributed by atoms with Crippen LogP contribution in [0, 0.1) is 5.82 Å². The number of halogens is 2. The van der Waals surface area contributed by atoms with E-state index in [4.69, 9.17) is 11.6 Å². The maximum Gasteiger partial charge on any atom is 0.230 e. The van der Waals surface area contributed by atoms with Crippen LogP contribution in [-0.2, 0) is 11.2 Å². The number of amides is 1. The van der Waals surface area contributed by atoms with Gasteiger partial charge in [0.2, 0.25) is 11.0 Å². The number of nitrogens with one attached hydrogen (secondary N) is 1. The number of aromatic nitrogens is 3. The first-order valence-corrected chi connectivity index (χ1v) is 7.79. The fraction of sp³-hybridized carbons (Fsp3) is 0.0667. The lowest BCUT2D eigenvalue weighted by Crippen LogP contribution is -2.14. The van der Waals surface area contributed by atoms with E-state index in [0.717, 1.165) is 5.56 Å². The Bertz CT molecular complexity index is 841. The second-order valence-corrected chi connectivity index (χ2v) is 6.01. The minimum Gasteiger partial charge on any atom is -0.300 e. The number of hydrogen-bond acceptors (Lipinski definition) is 5. The summed E-state index contributed by atoms with van der Waals surface area (Å²) >= 11 is 6.96. The predicted octanol–water partition coefficient (Wildman–Crippen LogP) is 3.57. The topological polar surface area (TPSA) is 67.8 Å². The fourth-order valence-corrected chi connectivity index (χ4v) is 2.85. The van der Waals surface area contributed by atoms with E-state index in [1.54, 1.807) is 12.4 Å². The minimum atomic E-state index is -0.512. The molecule has 2 aromatic heterocycles. The zero-order chi connectivity index (χ0) is 16.2. The molecule has 0 saturated carbocycles. The minimum absolute atomic E-state index is 0.00816. The molecule has 0 bridgehead atoms. The highest BCUT2D eigenvalue weighted by molar-refractivity contribution is 7.18. The largest absolute Gasteiger partial charge is 0.300 e. The van der Waals surface area contributed by atoms with Crippen molar-refractivity contribution in [1.29, 1.82) is 0 Å². The molecule has 5 nitrogen and oxygen atoms in total. The average molecular weight is 349 g/mol. The van der Waals surface area contributed by atoms with Gasteiger partial charge in [0.05, 0.1) is 11.4 Å². The van der Waals surface area contributed by atoms with Crippen molar-refractivity contribution in [2.45, 2.75) is 6.42 Å². The van der Waals surface area contributed by atoms with Gasteiger partial charge >= 0.3 is 0 Å². The van der Waals surface area contributed by atoms with Crippen LogP contribution in [0.2, 0.25) is 5.02 Å². The molecular formula is C15H10ClFN4OS. The maximum atomic E-state index is 13.1. The van der Waals surface area contributed by atoms with Gasteiger partial charge in [-0.3, -0.25) is 9.78 Å². The number of carbonyl (C=O) groups excluding carboxylic acids is 1. The summed E-state index contributed by atoms with van der Waals surface area (Å²) < 4.78 is 13.1. The van der Waals surface area contributed by atoms with Gasteiger partial charge in [-0.05, 0) is 29.8 Å². The summed E-state index contributed by atoms with van der Waals surface area (Å²) in [6.45, 7) is 0. The van der Waals surface area contributed by atoms with Crippen LogP contribution in [0.15, 0.2) is 42.7 Å². The lowest BCUT2D eigenvalue weighted by Gasteiger charge is -2.02. The van der Waals surface area contributed by atoms with Crippen molar-refractivity contribution in [3.05, 3.63) is 59.1 Å².